The van der Waals surface area contributed by atoms with E-state index < -0.39 is 0 Å². The number of likely N-dealkylation sites (tertiary alicyclic amines) is 1. The molecule has 1 saturated heterocycles. The van der Waals surface area contributed by atoms with Gasteiger partial charge in [0.05, 0.1) is 26.2 Å². The van der Waals surface area contributed by atoms with Gasteiger partial charge in [0.1, 0.15) is 0 Å². The van der Waals surface area contributed by atoms with E-state index in [-0.39, 0.29) is 66.6 Å². The average Bonchev–Trinajstić information content (AvgIpc) is 3.53. The van der Waals surface area contributed by atoms with E-state index in [2.05, 4.69) is 44.7 Å². The molecule has 0 aromatic heterocycles. The molecule has 0 aliphatic carbocycles. The molecule has 0 spiro atoms. The highest BCUT2D eigenvalue weighted by molar-refractivity contribution is 5.87. The van der Waals surface area contributed by atoms with Crippen LogP contribution in [-0.2, 0) is 34.1 Å². The van der Waals surface area contributed by atoms with Crippen molar-refractivity contribution in [2.75, 3.05) is 46.9 Å². The van der Waals surface area contributed by atoms with Gasteiger partial charge in [0.25, 0.3) is 6.47 Å². The molecule has 1 N–H and O–H groups in total. The largest absolute Gasteiger partial charge is 0.471 e. The van der Waals surface area contributed by atoms with Gasteiger partial charge in [0.2, 0.25) is 23.6 Å². The van der Waals surface area contributed by atoms with Crippen LogP contribution in [0.3, 0.4) is 0 Å². The number of nitrogens with one attached hydrogen (secondary N) is 1. The summed E-state index contributed by atoms with van der Waals surface area (Å²) in [5.41, 5.74) is 0.687. The minimum absolute atomic E-state index is 0.0179. The molecule has 256 valence electrons. The molecule has 1 fully saturated rings. The maximum atomic E-state index is 13.2. The van der Waals surface area contributed by atoms with Crippen LogP contribution in [0.15, 0.2) is 30.3 Å². The van der Waals surface area contributed by atoms with Crippen LogP contribution in [0, 0.1) is 17.8 Å². The van der Waals surface area contributed by atoms with Gasteiger partial charge in [0.15, 0.2) is 0 Å². The highest BCUT2D eigenvalue weighted by Gasteiger charge is 2.36. The predicted octanol–water partition coefficient (Wildman–Crippen LogP) is 4.51. The molecule has 1 aromatic rings. The summed E-state index contributed by atoms with van der Waals surface area (Å²) in [5, 5.41) is 2.86. The number of amides is 4. The van der Waals surface area contributed by atoms with Gasteiger partial charge in [-0.3, -0.25) is 24.0 Å². The van der Waals surface area contributed by atoms with E-state index in [4.69, 9.17) is 4.79 Å². The van der Waals surface area contributed by atoms with Crippen LogP contribution >= 0.6 is 0 Å². The summed E-state index contributed by atoms with van der Waals surface area (Å²) in [7, 11) is 3.01. The van der Waals surface area contributed by atoms with E-state index in [1.54, 1.807) is 16.8 Å². The van der Waals surface area contributed by atoms with Crippen LogP contribution in [0.1, 0.15) is 87.1 Å². The van der Waals surface area contributed by atoms with Crippen molar-refractivity contribution in [3.8, 4) is 0 Å². The Morgan fingerprint density at radius 1 is 1.02 bits per heavy atom. The Morgan fingerprint density at radius 3 is 1.96 bits per heavy atom. The molecule has 2 rings (SSSR count). The summed E-state index contributed by atoms with van der Waals surface area (Å²) in [6.45, 7) is 20.0. The topological polar surface area (TPSA) is 116 Å². The lowest BCUT2D eigenvalue weighted by atomic mass is 9.71. The Balaban J connectivity index is 0.00000215. The average molecular weight is 633 g/mol. The molecule has 2 atom stereocenters. The molecule has 4 amide bonds. The van der Waals surface area contributed by atoms with Crippen molar-refractivity contribution in [3.63, 3.8) is 0 Å². The second-order valence-corrected chi connectivity index (χ2v) is 13.1. The van der Waals surface area contributed by atoms with Crippen LogP contribution in [0.4, 0.5) is 0 Å². The number of carbonyl (C=O) groups excluding carboxylic acids is 5. The maximum Gasteiger partial charge on any atom is 0.292 e. The highest BCUT2D eigenvalue weighted by atomic mass is 16.5. The Labute approximate surface area is 272 Å². The van der Waals surface area contributed by atoms with E-state index in [9.17, 15) is 19.2 Å². The van der Waals surface area contributed by atoms with Crippen LogP contribution in [-0.4, -0.2) is 97.7 Å². The van der Waals surface area contributed by atoms with E-state index in [0.717, 1.165) is 37.4 Å². The van der Waals surface area contributed by atoms with Gasteiger partial charge >= 0.3 is 0 Å². The van der Waals surface area contributed by atoms with Gasteiger partial charge < -0.3 is 24.8 Å². The Morgan fingerprint density at radius 2 is 1.53 bits per heavy atom. The van der Waals surface area contributed by atoms with Crippen LogP contribution in [0.25, 0.3) is 0 Å². The van der Waals surface area contributed by atoms with Crippen molar-refractivity contribution in [2.24, 2.45) is 17.8 Å². The molecule has 0 saturated carbocycles. The zero-order valence-electron chi connectivity index (χ0n) is 29.7. The number of ether oxygens (including phenoxy) is 1. The molecule has 0 radical (unpaired) electrons. The molecule has 45 heavy (non-hydrogen) atoms. The van der Waals surface area contributed by atoms with Crippen molar-refractivity contribution >= 4 is 30.1 Å². The van der Waals surface area contributed by atoms with Gasteiger partial charge in [-0.15, -0.1) is 0 Å². The van der Waals surface area contributed by atoms with Crippen molar-refractivity contribution in [1.29, 1.82) is 0 Å². The molecule has 10 nitrogen and oxygen atoms in total. The first-order valence-corrected chi connectivity index (χ1v) is 16.1. The molecule has 1 aromatic carbocycles. The number of hydrogen-bond acceptors (Lipinski definition) is 6. The number of nitrogens with zero attached hydrogens (tertiary/aromatic N) is 3. The van der Waals surface area contributed by atoms with Gasteiger partial charge in [-0.25, -0.2) is 0 Å². The molecular formula is C35H60N4O6. The summed E-state index contributed by atoms with van der Waals surface area (Å²) in [5.74, 6) is -0.0357. The number of benzene rings is 1. The smallest absolute Gasteiger partial charge is 0.292 e. The van der Waals surface area contributed by atoms with Crippen molar-refractivity contribution in [3.05, 3.63) is 35.9 Å². The third-order valence-corrected chi connectivity index (χ3v) is 7.92. The minimum atomic E-state index is -0.390. The van der Waals surface area contributed by atoms with Crippen LogP contribution in [0.5, 0.6) is 0 Å². The first-order chi connectivity index (χ1) is 21.0. The zero-order chi connectivity index (χ0) is 34.7. The molecular weight excluding hydrogens is 572 g/mol. The Hall–Kier alpha value is -3.43. The molecule has 0 unspecified atom stereocenters. The third-order valence-electron chi connectivity index (χ3n) is 7.92. The van der Waals surface area contributed by atoms with Crippen molar-refractivity contribution in [2.45, 2.75) is 93.0 Å². The number of likely N-dealkylation sites (N-methyl/N-ethyl adjacent to an activating group) is 1. The van der Waals surface area contributed by atoms with E-state index >= 15 is 0 Å². The fraction of sp³-hybridized carbons (Fsp3) is 0.686. The molecule has 10 heteroatoms. The lowest BCUT2D eigenvalue weighted by Crippen LogP contribution is -2.53. The SMILES string of the molecule is CC(C)C.CC[C@H](C(=O)NCC(=O)N(C)[C@H](CN(CC(=O)N1CCCC1)C(C)=O)C(C)C)C(C)(C)c1ccccc1.COC=O. The maximum absolute atomic E-state index is 13.2. The standard InChI is InChI=1S/C29H46N4O4.C4H10.C2H4O2/c1-8-24(29(5,6)23-14-10-9-11-15-23)28(37)30-18-26(35)31(7)25(21(2)3)19-33(22(4)34)20-27(36)32-16-12-13-17-32;1-4(2)3;1-4-2-3/h9-11,14-15,21,24-25H,8,12-13,16-20H2,1-7H3,(H,30,37);4H,1-3H3;2H,1H3/t24-,25-;;/m1../s1. The third kappa shape index (κ3) is 14.9. The number of rotatable bonds is 13. The Kier molecular flexibility index (Phi) is 19.7. The van der Waals surface area contributed by atoms with E-state index in [1.807, 2.05) is 51.1 Å². The van der Waals surface area contributed by atoms with Crippen molar-refractivity contribution < 1.29 is 28.7 Å². The fourth-order valence-electron chi connectivity index (χ4n) is 5.23. The van der Waals surface area contributed by atoms with Crippen molar-refractivity contribution in [1.82, 2.24) is 20.0 Å². The highest BCUT2D eigenvalue weighted by Crippen LogP contribution is 2.33. The molecule has 1 heterocycles. The van der Waals surface area contributed by atoms with Gasteiger partial charge in [-0.1, -0.05) is 85.7 Å². The van der Waals surface area contributed by atoms with Crippen LogP contribution < -0.4 is 5.32 Å². The van der Waals surface area contributed by atoms with E-state index in [1.165, 1.54) is 18.9 Å². The summed E-state index contributed by atoms with van der Waals surface area (Å²) in [6, 6.07) is 9.65. The Bertz CT molecular complexity index is 1040. The second kappa shape index (κ2) is 21.3. The normalized spacial score (nSPS) is 13.8. The summed E-state index contributed by atoms with van der Waals surface area (Å²) >= 11 is 0. The minimum Gasteiger partial charge on any atom is -0.471 e. The number of carbonyl (C=O) groups is 5. The second-order valence-electron chi connectivity index (χ2n) is 13.1. The summed E-state index contributed by atoms with van der Waals surface area (Å²) in [6.07, 6.45) is 2.63. The van der Waals surface area contributed by atoms with Gasteiger partial charge in [-0.2, -0.15) is 0 Å². The first-order valence-electron chi connectivity index (χ1n) is 16.1. The predicted molar refractivity (Wildman–Crippen MR) is 179 cm³/mol. The first kappa shape index (κ1) is 41.6. The lowest BCUT2D eigenvalue weighted by Gasteiger charge is -2.36. The quantitative estimate of drug-likeness (QED) is 0.320. The lowest BCUT2D eigenvalue weighted by molar-refractivity contribution is -0.141. The van der Waals surface area contributed by atoms with E-state index in [0.29, 0.717) is 12.9 Å². The molecule has 1 aliphatic heterocycles. The zero-order valence-corrected chi connectivity index (χ0v) is 29.7. The molecule has 1 aliphatic rings. The van der Waals surface area contributed by atoms with Crippen LogP contribution in [0.2, 0.25) is 0 Å². The molecule has 0 bridgehead atoms. The van der Waals surface area contributed by atoms with Gasteiger partial charge in [-0.05, 0) is 36.7 Å². The summed E-state index contributed by atoms with van der Waals surface area (Å²) < 4.78 is 3.86. The summed E-state index contributed by atoms with van der Waals surface area (Å²) in [4.78, 5) is 65.2. The monoisotopic (exact) mass is 632 g/mol. The van der Waals surface area contributed by atoms with Gasteiger partial charge in [0, 0.05) is 44.9 Å². The number of hydrogen-bond donors (Lipinski definition) is 1. The number of methoxy groups -OCH3 is 1. The fourth-order valence-corrected chi connectivity index (χ4v) is 5.23.